The van der Waals surface area contributed by atoms with Gasteiger partial charge < -0.3 is 0 Å². The molecule has 0 unspecified atom stereocenters. The van der Waals surface area contributed by atoms with Crippen LogP contribution in [-0.2, 0) is 0 Å². The van der Waals surface area contributed by atoms with Gasteiger partial charge >= 0.3 is 0 Å². The number of hydrogen-bond acceptors (Lipinski definition) is 0. The fourth-order valence-corrected chi connectivity index (χ4v) is 2.33. The van der Waals surface area contributed by atoms with Gasteiger partial charge in [-0.05, 0) is 54.4 Å². The van der Waals surface area contributed by atoms with E-state index in [4.69, 9.17) is 0 Å². The van der Waals surface area contributed by atoms with Crippen LogP contribution in [0.3, 0.4) is 0 Å². The molecule has 0 nitrogen and oxygen atoms in total. The Morgan fingerprint density at radius 3 is 1.58 bits per heavy atom. The molecule has 0 aromatic carbocycles. The average molecular weight is 459 g/mol. The fraction of sp³-hybridized carbons (Fsp3) is 0.241. The van der Waals surface area contributed by atoms with Crippen molar-refractivity contribution >= 4 is 0 Å². The van der Waals surface area contributed by atoms with Gasteiger partial charge in [-0.1, -0.05) is 77.6 Å². The smallest absolute Gasteiger partial charge is 0.166 e. The lowest BCUT2D eigenvalue weighted by atomic mass is 9.99. The molecule has 33 heavy (non-hydrogen) atoms. The quantitative estimate of drug-likeness (QED) is 0.138. The summed E-state index contributed by atoms with van der Waals surface area (Å²) in [5, 5.41) is 0. The van der Waals surface area contributed by atoms with Crippen LogP contribution in [0.15, 0.2) is 133 Å². The highest BCUT2D eigenvalue weighted by atomic mass is 19.2. The first-order valence-corrected chi connectivity index (χ1v) is 10.5. The number of allylic oxidation sites excluding steroid dienone is 15. The minimum absolute atomic E-state index is 0.0217. The van der Waals surface area contributed by atoms with E-state index in [-0.39, 0.29) is 39.9 Å². The zero-order valence-corrected chi connectivity index (χ0v) is 20.0. The van der Waals surface area contributed by atoms with Gasteiger partial charge in [0.1, 0.15) is 0 Å². The summed E-state index contributed by atoms with van der Waals surface area (Å²) in [6.45, 7) is 30.6. The topological polar surface area (TPSA) is 0 Å². The van der Waals surface area contributed by atoms with Gasteiger partial charge in [0.25, 0.3) is 0 Å². The molecule has 0 rings (SSSR count). The summed E-state index contributed by atoms with van der Waals surface area (Å²) in [5.41, 5.74) is -0.146. The number of rotatable bonds is 14. The van der Waals surface area contributed by atoms with Crippen LogP contribution in [0, 0.1) is 5.92 Å². The summed E-state index contributed by atoms with van der Waals surface area (Å²) >= 11 is 0. The van der Waals surface area contributed by atoms with Gasteiger partial charge in [-0.15, -0.1) is 6.58 Å². The maximum Gasteiger partial charge on any atom is 0.166 e. The van der Waals surface area contributed by atoms with E-state index in [2.05, 4.69) is 46.1 Å². The Bertz CT molecular complexity index is 975. The van der Waals surface area contributed by atoms with Crippen molar-refractivity contribution in [3.8, 4) is 0 Å². The second-order valence-corrected chi connectivity index (χ2v) is 8.02. The summed E-state index contributed by atoms with van der Waals surface area (Å²) in [6, 6.07) is 0. The van der Waals surface area contributed by atoms with Crippen LogP contribution in [0.4, 0.5) is 17.6 Å². The van der Waals surface area contributed by atoms with Crippen molar-refractivity contribution in [1.82, 2.24) is 0 Å². The SMILES string of the molecule is C=CCCC(=C)/C(F)=C(/F)C(=C)C(=C)/C=C\C(=C)C(=C)/C(F)=C(/F)C(=C)/C(C)=C/CC(C)C. The third-order valence-corrected chi connectivity index (χ3v) is 4.77. The molecule has 0 amide bonds. The second kappa shape index (κ2) is 14.1. The summed E-state index contributed by atoms with van der Waals surface area (Å²) in [5.74, 6) is -4.28. The molecule has 0 saturated heterocycles. The van der Waals surface area contributed by atoms with E-state index in [1.165, 1.54) is 12.2 Å². The summed E-state index contributed by atoms with van der Waals surface area (Å²) in [4.78, 5) is 0. The highest BCUT2D eigenvalue weighted by Crippen LogP contribution is 2.31. The molecule has 0 aromatic rings. The van der Waals surface area contributed by atoms with Gasteiger partial charge in [-0.3, -0.25) is 0 Å². The molecule has 0 spiro atoms. The molecule has 0 aliphatic heterocycles. The lowest BCUT2D eigenvalue weighted by Crippen LogP contribution is -1.95. The van der Waals surface area contributed by atoms with Gasteiger partial charge in [-0.25, -0.2) is 17.6 Å². The van der Waals surface area contributed by atoms with Gasteiger partial charge in [0.2, 0.25) is 0 Å². The van der Waals surface area contributed by atoms with E-state index in [1.54, 1.807) is 19.1 Å². The molecule has 178 valence electrons. The van der Waals surface area contributed by atoms with Gasteiger partial charge in [0.15, 0.2) is 23.3 Å². The average Bonchev–Trinajstić information content (AvgIpc) is 2.80. The monoisotopic (exact) mass is 458 g/mol. The lowest BCUT2D eigenvalue weighted by Gasteiger charge is -2.10. The van der Waals surface area contributed by atoms with Gasteiger partial charge in [0, 0.05) is 16.7 Å². The highest BCUT2D eigenvalue weighted by molar-refractivity contribution is 5.55. The van der Waals surface area contributed by atoms with Crippen LogP contribution in [-0.4, -0.2) is 0 Å². The second-order valence-electron chi connectivity index (χ2n) is 8.02. The minimum Gasteiger partial charge on any atom is -0.203 e. The molecule has 4 heteroatoms. The predicted octanol–water partition coefficient (Wildman–Crippen LogP) is 10.1. The van der Waals surface area contributed by atoms with E-state index < -0.39 is 23.3 Å². The van der Waals surface area contributed by atoms with Gasteiger partial charge in [0.05, 0.1) is 0 Å². The molecule has 0 N–H and O–H groups in total. The molecule has 0 atom stereocenters. The number of halogens is 4. The van der Waals surface area contributed by atoms with Crippen molar-refractivity contribution in [1.29, 1.82) is 0 Å². The molecule has 0 aliphatic rings. The zero-order valence-electron chi connectivity index (χ0n) is 20.0. The maximum atomic E-state index is 14.6. The van der Waals surface area contributed by atoms with E-state index in [0.29, 0.717) is 24.3 Å². The molecular formula is C29H34F4. The minimum atomic E-state index is -1.20. The largest absolute Gasteiger partial charge is 0.203 e. The third-order valence-electron chi connectivity index (χ3n) is 4.77. The Morgan fingerprint density at radius 1 is 0.727 bits per heavy atom. The van der Waals surface area contributed by atoms with Crippen molar-refractivity contribution in [3.63, 3.8) is 0 Å². The van der Waals surface area contributed by atoms with Crippen LogP contribution in [0.25, 0.3) is 0 Å². The molecule has 0 radical (unpaired) electrons. The van der Waals surface area contributed by atoms with Crippen LogP contribution in [0.1, 0.15) is 40.0 Å². The van der Waals surface area contributed by atoms with Gasteiger partial charge in [-0.2, -0.15) is 0 Å². The summed E-state index contributed by atoms with van der Waals surface area (Å²) in [7, 11) is 0. The zero-order chi connectivity index (χ0) is 25.9. The van der Waals surface area contributed by atoms with Crippen LogP contribution in [0.2, 0.25) is 0 Å². The third kappa shape index (κ3) is 9.48. The van der Waals surface area contributed by atoms with Crippen LogP contribution in [0.5, 0.6) is 0 Å². The predicted molar refractivity (Wildman–Crippen MR) is 135 cm³/mol. The maximum absolute atomic E-state index is 14.6. The van der Waals surface area contributed by atoms with Crippen molar-refractivity contribution < 1.29 is 17.6 Å². The van der Waals surface area contributed by atoms with E-state index in [1.807, 2.05) is 13.8 Å². The standard InChI is InChI=1S/C29H34F4/c1-11-12-13-22(7)26(30)27(31)23(8)20(5)16-17-21(6)25(10)29(33)28(32)24(9)19(4)15-14-18(2)3/h11,15-18H,1,5-10,12-14H2,2-4H3/b17-16-,19-15+,27-26-,29-28-. The molecule has 0 saturated carbocycles. The van der Waals surface area contributed by atoms with Crippen molar-refractivity contribution in [2.24, 2.45) is 5.92 Å². The van der Waals surface area contributed by atoms with Crippen LogP contribution >= 0.6 is 0 Å². The number of hydrogen-bond donors (Lipinski definition) is 0. The molecule has 0 bridgehead atoms. The first kappa shape index (κ1) is 29.9. The molecule has 0 aliphatic carbocycles. The molecule has 0 fully saturated rings. The highest BCUT2D eigenvalue weighted by Gasteiger charge is 2.17. The summed E-state index contributed by atoms with van der Waals surface area (Å²) in [6.07, 6.45) is 7.26. The molecule has 0 aromatic heterocycles. The van der Waals surface area contributed by atoms with Crippen molar-refractivity contribution in [2.75, 3.05) is 0 Å². The summed E-state index contributed by atoms with van der Waals surface area (Å²) < 4.78 is 57.7. The Hall–Kier alpha value is -3.14. The lowest BCUT2D eigenvalue weighted by molar-refractivity contribution is 0.552. The Kier molecular flexibility index (Phi) is 12.8. The Morgan fingerprint density at radius 2 is 1.15 bits per heavy atom. The first-order chi connectivity index (χ1) is 15.3. The molecule has 0 heterocycles. The fourth-order valence-electron chi connectivity index (χ4n) is 2.33. The van der Waals surface area contributed by atoms with E-state index >= 15 is 0 Å². The first-order valence-electron chi connectivity index (χ1n) is 10.5. The Labute approximate surface area is 196 Å². The Balaban J connectivity index is 5.46. The van der Waals surface area contributed by atoms with E-state index in [0.717, 1.165) is 0 Å². The van der Waals surface area contributed by atoms with Crippen LogP contribution < -0.4 is 0 Å². The van der Waals surface area contributed by atoms with E-state index in [9.17, 15) is 17.6 Å². The molecular weight excluding hydrogens is 424 g/mol. The normalized spacial score (nSPS) is 13.4. The van der Waals surface area contributed by atoms with Crippen molar-refractivity contribution in [3.05, 3.63) is 133 Å². The van der Waals surface area contributed by atoms with Crippen molar-refractivity contribution in [2.45, 2.75) is 40.0 Å².